The highest BCUT2D eigenvalue weighted by molar-refractivity contribution is 9.10. The Bertz CT molecular complexity index is 1230. The summed E-state index contributed by atoms with van der Waals surface area (Å²) in [6.07, 6.45) is -8.76. The molecule has 20 heteroatoms. The van der Waals surface area contributed by atoms with Crippen molar-refractivity contribution in [3.05, 3.63) is 17.3 Å². The standard InChI is InChI=1S/C15H19BrN4O13P2/c16-15-18-12-5-1-19(15)13-10(23)8(21)6(31-13)2-29-34(25,26)33-35(27,28)30-3-7-9(22)11(24)14(32-7)20(12)4-17-5/h1,4,6-11,13-14,21-24H,2-3H2,(H-,25,26,27,28)/p+1/t6-,7+,8-,9+,10-,11+,13?,14?/m0/s1. The summed E-state index contributed by atoms with van der Waals surface area (Å²) in [6.45, 7) is -1.63. The van der Waals surface area contributed by atoms with Crippen molar-refractivity contribution in [3.8, 4) is 0 Å². The molecule has 0 aromatic carbocycles. The van der Waals surface area contributed by atoms with Crippen LogP contribution in [-0.2, 0) is 32.0 Å². The summed E-state index contributed by atoms with van der Waals surface area (Å²) in [5.41, 5.74) is 0.440. The molecule has 2 fully saturated rings. The fraction of sp³-hybridized carbons (Fsp3) is 0.667. The molecule has 0 amide bonds. The van der Waals surface area contributed by atoms with E-state index in [4.69, 9.17) is 9.47 Å². The molecule has 0 radical (unpaired) electrons. The lowest BCUT2D eigenvalue weighted by Crippen LogP contribution is -2.47. The molecule has 0 spiro atoms. The predicted octanol–water partition coefficient (Wildman–Crippen LogP) is -2.02. The average Bonchev–Trinajstić information content (AvgIpc) is 3.39. The predicted molar refractivity (Wildman–Crippen MR) is 110 cm³/mol. The molecule has 2 saturated heterocycles. The topological polar surface area (TPSA) is 236 Å². The molecule has 6 heterocycles. The number of hydrogen-bond acceptors (Lipinski definition) is 13. The minimum absolute atomic E-state index is 0.107. The van der Waals surface area contributed by atoms with E-state index in [1.165, 1.54) is 21.7 Å². The van der Waals surface area contributed by atoms with Gasteiger partial charge in [-0.3, -0.25) is 13.6 Å². The largest absolute Gasteiger partial charge is 0.481 e. The van der Waals surface area contributed by atoms with Crippen LogP contribution in [0.3, 0.4) is 0 Å². The van der Waals surface area contributed by atoms with Gasteiger partial charge < -0.3 is 39.7 Å². The molecule has 4 aliphatic rings. The SMILES string of the molecule is O=P1(O)OC[C@@H]2OC([C@@H](O)[C@H]2O)[n+]2cc3ncn(c3nc2Br)C2O[C@H](COP(=O)(O)O1)[C@@H](O)[C@H]2O. The molecule has 0 saturated carbocycles. The molecule has 4 aliphatic heterocycles. The third kappa shape index (κ3) is 4.73. The van der Waals surface area contributed by atoms with Gasteiger partial charge in [-0.1, -0.05) is 0 Å². The first-order valence-corrected chi connectivity index (χ1v) is 13.8. The zero-order chi connectivity index (χ0) is 25.3. The van der Waals surface area contributed by atoms with E-state index in [0.717, 1.165) is 0 Å². The van der Waals surface area contributed by atoms with E-state index in [1.807, 2.05) is 0 Å². The number of aliphatic hydroxyl groups is 4. The van der Waals surface area contributed by atoms with Crippen LogP contribution in [0.15, 0.2) is 17.3 Å². The molecule has 6 rings (SSSR count). The number of phosphoric ester groups is 2. The molecule has 0 aliphatic carbocycles. The quantitative estimate of drug-likeness (QED) is 0.108. The Balaban J connectivity index is 1.57. The number of ether oxygens (including phenoxy) is 2. The number of nitrogens with zero attached hydrogens (tertiary/aromatic N) is 4. The second-order valence-corrected chi connectivity index (χ2v) is 11.7. The van der Waals surface area contributed by atoms with Crippen LogP contribution in [-0.4, -0.2) is 94.6 Å². The van der Waals surface area contributed by atoms with Gasteiger partial charge in [-0.25, -0.2) is 14.1 Å². The van der Waals surface area contributed by atoms with Crippen molar-refractivity contribution in [2.24, 2.45) is 0 Å². The molecule has 8 bridgehead atoms. The number of imidazole rings is 1. The van der Waals surface area contributed by atoms with Gasteiger partial charge in [0.15, 0.2) is 11.7 Å². The number of fused-ring (bicyclic) bond motifs is 7. The van der Waals surface area contributed by atoms with Crippen molar-refractivity contribution in [2.45, 2.75) is 49.1 Å². The van der Waals surface area contributed by atoms with Crippen molar-refractivity contribution in [1.82, 2.24) is 14.5 Å². The summed E-state index contributed by atoms with van der Waals surface area (Å²) in [5.74, 6) is 0. The number of rotatable bonds is 0. The van der Waals surface area contributed by atoms with Crippen LogP contribution in [0, 0.1) is 0 Å². The molecule has 6 N–H and O–H groups in total. The van der Waals surface area contributed by atoms with Crippen molar-refractivity contribution < 1.29 is 66.7 Å². The Morgan fingerprint density at radius 3 is 2.23 bits per heavy atom. The highest BCUT2D eigenvalue weighted by Crippen LogP contribution is 2.60. The Morgan fingerprint density at radius 2 is 1.57 bits per heavy atom. The molecule has 2 aromatic heterocycles. The van der Waals surface area contributed by atoms with Crippen LogP contribution < -0.4 is 4.57 Å². The lowest BCUT2D eigenvalue weighted by molar-refractivity contribution is -0.776. The number of halogens is 1. The first-order chi connectivity index (χ1) is 16.4. The van der Waals surface area contributed by atoms with Crippen molar-refractivity contribution in [1.29, 1.82) is 0 Å². The maximum atomic E-state index is 12.2. The van der Waals surface area contributed by atoms with Crippen LogP contribution in [0.4, 0.5) is 0 Å². The molecule has 2 aromatic rings. The van der Waals surface area contributed by atoms with Gasteiger partial charge in [0, 0.05) is 0 Å². The summed E-state index contributed by atoms with van der Waals surface area (Å²) in [6, 6.07) is 0. The molecular weight excluding hydrogens is 586 g/mol. The van der Waals surface area contributed by atoms with E-state index in [-0.39, 0.29) is 15.9 Å². The first-order valence-electron chi connectivity index (χ1n) is 10.0. The molecular formula is C15H20BrN4O13P2+. The van der Waals surface area contributed by atoms with E-state index in [0.29, 0.717) is 0 Å². The lowest BCUT2D eigenvalue weighted by Gasteiger charge is -2.20. The van der Waals surface area contributed by atoms with E-state index < -0.39 is 77.9 Å². The zero-order valence-electron chi connectivity index (χ0n) is 17.3. The summed E-state index contributed by atoms with van der Waals surface area (Å²) >= 11 is 3.25. The van der Waals surface area contributed by atoms with Gasteiger partial charge in [0.1, 0.15) is 49.1 Å². The average molecular weight is 606 g/mol. The smallest absolute Gasteiger partial charge is 0.387 e. The fourth-order valence-electron chi connectivity index (χ4n) is 3.98. The second kappa shape index (κ2) is 9.11. The minimum atomic E-state index is -5.23. The molecule has 194 valence electrons. The minimum Gasteiger partial charge on any atom is -0.387 e. The van der Waals surface area contributed by atoms with E-state index >= 15 is 0 Å². The zero-order valence-corrected chi connectivity index (χ0v) is 20.7. The number of hydrogen-bond donors (Lipinski definition) is 6. The second-order valence-electron chi connectivity index (χ2n) is 7.98. The van der Waals surface area contributed by atoms with Crippen molar-refractivity contribution >= 4 is 42.7 Å². The summed E-state index contributed by atoms with van der Waals surface area (Å²) in [7, 11) is -10.5. The van der Waals surface area contributed by atoms with Gasteiger partial charge >= 0.3 is 20.4 Å². The molecule has 10 atom stereocenters. The highest BCUT2D eigenvalue weighted by atomic mass is 79.9. The number of aromatic nitrogens is 4. The van der Waals surface area contributed by atoms with Gasteiger partial charge in [-0.15, -0.1) is 0 Å². The number of phosphoric acid groups is 2. The summed E-state index contributed by atoms with van der Waals surface area (Å²) in [5, 5.41) is 41.7. The lowest BCUT2D eigenvalue weighted by atomic mass is 10.1. The Morgan fingerprint density at radius 1 is 0.971 bits per heavy atom. The third-order valence-electron chi connectivity index (χ3n) is 5.70. The van der Waals surface area contributed by atoms with Crippen LogP contribution in [0.2, 0.25) is 0 Å². The van der Waals surface area contributed by atoms with Gasteiger partial charge in [-0.05, 0) is 4.98 Å². The normalized spacial score (nSPS) is 44.7. The fourth-order valence-corrected chi connectivity index (χ4v) is 6.54. The van der Waals surface area contributed by atoms with Gasteiger partial charge in [0.2, 0.25) is 6.23 Å². The van der Waals surface area contributed by atoms with Crippen molar-refractivity contribution in [2.75, 3.05) is 13.2 Å². The van der Waals surface area contributed by atoms with Crippen molar-refractivity contribution in [3.63, 3.8) is 0 Å². The molecule has 35 heavy (non-hydrogen) atoms. The Labute approximate surface area is 203 Å². The van der Waals surface area contributed by atoms with Crippen LogP contribution in [0.5, 0.6) is 0 Å². The Kier molecular flexibility index (Phi) is 6.69. The van der Waals surface area contributed by atoms with E-state index in [2.05, 4.69) is 39.3 Å². The summed E-state index contributed by atoms with van der Waals surface area (Å²) in [4.78, 5) is 28.2. The van der Waals surface area contributed by atoms with Gasteiger partial charge in [0.05, 0.1) is 29.1 Å². The third-order valence-corrected chi connectivity index (χ3v) is 8.89. The molecule has 17 nitrogen and oxygen atoms in total. The van der Waals surface area contributed by atoms with Gasteiger partial charge in [-0.2, -0.15) is 8.88 Å². The first kappa shape index (κ1) is 25.7. The van der Waals surface area contributed by atoms with Gasteiger partial charge in [0.25, 0.3) is 5.65 Å². The van der Waals surface area contributed by atoms with Crippen LogP contribution >= 0.6 is 31.6 Å². The van der Waals surface area contributed by atoms with E-state index in [1.54, 1.807) is 0 Å². The maximum absolute atomic E-state index is 12.2. The monoisotopic (exact) mass is 605 g/mol. The Hall–Kier alpha value is -0.950. The molecule has 4 unspecified atom stereocenters. The summed E-state index contributed by atoms with van der Waals surface area (Å²) < 4.78 is 51.8. The van der Waals surface area contributed by atoms with Crippen LogP contribution in [0.25, 0.3) is 11.2 Å². The highest BCUT2D eigenvalue weighted by Gasteiger charge is 2.50. The van der Waals surface area contributed by atoms with Crippen LogP contribution in [0.1, 0.15) is 12.5 Å². The number of aliphatic hydroxyl groups excluding tert-OH is 4. The van der Waals surface area contributed by atoms with E-state index in [9.17, 15) is 39.3 Å². The maximum Gasteiger partial charge on any atom is 0.481 e.